The Morgan fingerprint density at radius 2 is 1.64 bits per heavy atom. The largest absolute Gasteiger partial charge is 0.274 e. The van der Waals surface area contributed by atoms with Crippen molar-refractivity contribution in [3.05, 3.63) is 65.7 Å². The van der Waals surface area contributed by atoms with Crippen molar-refractivity contribution in [1.82, 2.24) is 9.79 Å². The molecule has 1 amide bonds. The molecule has 1 N–H and O–H groups in total. The van der Waals surface area contributed by atoms with Gasteiger partial charge in [0.05, 0.1) is 11.5 Å². The van der Waals surface area contributed by atoms with Crippen LogP contribution in [-0.4, -0.2) is 31.7 Å². The first-order valence-corrected chi connectivity index (χ1v) is 10.9. The summed E-state index contributed by atoms with van der Waals surface area (Å²) in [6.07, 6.45) is 1.04. The van der Waals surface area contributed by atoms with Crippen LogP contribution in [0.25, 0.3) is 0 Å². The Morgan fingerprint density at radius 1 is 1.04 bits per heavy atom. The second kappa shape index (κ2) is 8.86. The van der Waals surface area contributed by atoms with Gasteiger partial charge in [-0.3, -0.25) is 9.63 Å². The molecule has 7 heteroatoms. The maximum absolute atomic E-state index is 12.9. The molecule has 1 fully saturated rings. The van der Waals surface area contributed by atoms with Crippen LogP contribution in [0, 0.1) is 11.8 Å². The standard InChI is InChI=1S/C21H26N2O4S/c1-16-12-17(2)14-23(13-16)28(25,26)20-10-8-19(9-11-20)21(24)22-27-15-18-6-4-3-5-7-18/h3-11,16-17H,12-15H2,1-2H3,(H,22,24). The molecule has 0 saturated carbocycles. The normalized spacial score (nSPS) is 20.6. The molecule has 0 spiro atoms. The summed E-state index contributed by atoms with van der Waals surface area (Å²) in [6.45, 7) is 5.46. The van der Waals surface area contributed by atoms with Crippen molar-refractivity contribution >= 4 is 15.9 Å². The van der Waals surface area contributed by atoms with E-state index >= 15 is 0 Å². The van der Waals surface area contributed by atoms with Gasteiger partial charge in [-0.2, -0.15) is 4.31 Å². The summed E-state index contributed by atoms with van der Waals surface area (Å²) in [6, 6.07) is 15.4. The Kier molecular flexibility index (Phi) is 6.49. The van der Waals surface area contributed by atoms with E-state index in [4.69, 9.17) is 4.84 Å². The molecule has 1 heterocycles. The molecule has 2 aromatic carbocycles. The van der Waals surface area contributed by atoms with Crippen molar-refractivity contribution in [2.75, 3.05) is 13.1 Å². The van der Waals surface area contributed by atoms with E-state index in [9.17, 15) is 13.2 Å². The lowest BCUT2D eigenvalue weighted by molar-refractivity contribution is 0.0233. The molecule has 0 radical (unpaired) electrons. The molecule has 0 bridgehead atoms. The summed E-state index contributed by atoms with van der Waals surface area (Å²) in [7, 11) is -3.55. The zero-order valence-corrected chi connectivity index (χ0v) is 17.0. The summed E-state index contributed by atoms with van der Waals surface area (Å²) in [5.74, 6) is 0.260. The monoisotopic (exact) mass is 402 g/mol. The van der Waals surface area contributed by atoms with E-state index in [1.807, 2.05) is 30.3 Å². The fraction of sp³-hybridized carbons (Fsp3) is 0.381. The zero-order valence-electron chi connectivity index (χ0n) is 16.2. The van der Waals surface area contributed by atoms with Crippen molar-refractivity contribution in [1.29, 1.82) is 0 Å². The Bertz CT molecular complexity index is 888. The van der Waals surface area contributed by atoms with Crippen LogP contribution in [-0.2, 0) is 21.5 Å². The molecule has 1 aliphatic rings. The fourth-order valence-corrected chi connectivity index (χ4v) is 5.23. The topological polar surface area (TPSA) is 75.7 Å². The first-order chi connectivity index (χ1) is 13.4. The number of nitrogens with one attached hydrogen (secondary N) is 1. The number of benzene rings is 2. The average molecular weight is 403 g/mol. The van der Waals surface area contributed by atoms with Crippen LogP contribution < -0.4 is 5.48 Å². The Hall–Kier alpha value is -2.22. The van der Waals surface area contributed by atoms with E-state index in [0.29, 0.717) is 30.5 Å². The lowest BCUT2D eigenvalue weighted by atomic mass is 9.94. The third kappa shape index (κ3) is 4.98. The Labute approximate surface area is 166 Å². The highest BCUT2D eigenvalue weighted by Crippen LogP contribution is 2.26. The van der Waals surface area contributed by atoms with Gasteiger partial charge in [0.15, 0.2) is 0 Å². The van der Waals surface area contributed by atoms with Gasteiger partial charge < -0.3 is 0 Å². The third-order valence-electron chi connectivity index (χ3n) is 4.84. The highest BCUT2D eigenvalue weighted by molar-refractivity contribution is 7.89. The molecule has 3 rings (SSSR count). The van der Waals surface area contributed by atoms with Crippen molar-refractivity contribution < 1.29 is 18.0 Å². The summed E-state index contributed by atoms with van der Waals surface area (Å²) in [5.41, 5.74) is 3.66. The van der Waals surface area contributed by atoms with Gasteiger partial charge in [0, 0.05) is 18.7 Å². The zero-order chi connectivity index (χ0) is 20.1. The summed E-state index contributed by atoms with van der Waals surface area (Å²) >= 11 is 0. The van der Waals surface area contributed by atoms with Crippen LogP contribution in [0.3, 0.4) is 0 Å². The van der Waals surface area contributed by atoms with Gasteiger partial charge in [0.2, 0.25) is 10.0 Å². The maximum Gasteiger partial charge on any atom is 0.274 e. The lowest BCUT2D eigenvalue weighted by Gasteiger charge is -2.34. The number of carbonyl (C=O) groups is 1. The summed E-state index contributed by atoms with van der Waals surface area (Å²) in [4.78, 5) is 17.6. The first-order valence-electron chi connectivity index (χ1n) is 9.42. The SMILES string of the molecule is CC1CC(C)CN(S(=O)(=O)c2ccc(C(=O)NOCc3ccccc3)cc2)C1. The van der Waals surface area contributed by atoms with Crippen molar-refractivity contribution in [2.24, 2.45) is 11.8 Å². The number of sulfonamides is 1. The number of amides is 1. The van der Waals surface area contributed by atoms with Gasteiger partial charge in [-0.15, -0.1) is 0 Å². The molecule has 6 nitrogen and oxygen atoms in total. The maximum atomic E-state index is 12.9. The number of rotatable bonds is 6. The smallest absolute Gasteiger partial charge is 0.269 e. The number of hydroxylamine groups is 1. The van der Waals surface area contributed by atoms with Crippen molar-refractivity contribution in [3.63, 3.8) is 0 Å². The quantitative estimate of drug-likeness (QED) is 0.753. The van der Waals surface area contributed by atoms with Crippen LogP contribution in [0.2, 0.25) is 0 Å². The predicted molar refractivity (Wildman–Crippen MR) is 107 cm³/mol. The molecule has 28 heavy (non-hydrogen) atoms. The van der Waals surface area contributed by atoms with Crippen LogP contribution in [0.15, 0.2) is 59.5 Å². The molecular weight excluding hydrogens is 376 g/mol. The Morgan fingerprint density at radius 3 is 2.25 bits per heavy atom. The van der Waals surface area contributed by atoms with Crippen molar-refractivity contribution in [2.45, 2.75) is 31.8 Å². The van der Waals surface area contributed by atoms with Crippen LogP contribution >= 0.6 is 0 Å². The van der Waals surface area contributed by atoms with Crippen LogP contribution in [0.1, 0.15) is 36.2 Å². The lowest BCUT2D eigenvalue weighted by Crippen LogP contribution is -2.42. The van der Waals surface area contributed by atoms with Crippen LogP contribution in [0.5, 0.6) is 0 Å². The van der Waals surface area contributed by atoms with Crippen LogP contribution in [0.4, 0.5) is 0 Å². The molecule has 1 saturated heterocycles. The predicted octanol–water partition coefficient (Wildman–Crippen LogP) is 3.21. The van der Waals surface area contributed by atoms with E-state index < -0.39 is 15.9 Å². The highest BCUT2D eigenvalue weighted by Gasteiger charge is 2.31. The summed E-state index contributed by atoms with van der Waals surface area (Å²) < 4.78 is 27.3. The van der Waals surface area contributed by atoms with E-state index in [1.165, 1.54) is 24.3 Å². The minimum Gasteiger partial charge on any atom is -0.269 e. The third-order valence-corrected chi connectivity index (χ3v) is 6.68. The second-order valence-electron chi connectivity index (χ2n) is 7.50. The minimum absolute atomic E-state index is 0.204. The average Bonchev–Trinajstić information content (AvgIpc) is 2.68. The second-order valence-corrected chi connectivity index (χ2v) is 9.44. The van der Waals surface area contributed by atoms with Gasteiger partial charge in [-0.1, -0.05) is 44.2 Å². The van der Waals surface area contributed by atoms with E-state index in [1.54, 1.807) is 4.31 Å². The Balaban J connectivity index is 1.61. The number of nitrogens with zero attached hydrogens (tertiary/aromatic N) is 1. The number of carbonyl (C=O) groups excluding carboxylic acids is 1. The first kappa shape index (κ1) is 20.5. The fourth-order valence-electron chi connectivity index (χ4n) is 3.55. The molecule has 150 valence electrons. The molecular formula is C21H26N2O4S. The van der Waals surface area contributed by atoms with Gasteiger partial charge in [0.25, 0.3) is 5.91 Å². The molecule has 1 aliphatic heterocycles. The molecule has 0 aromatic heterocycles. The number of hydrogen-bond donors (Lipinski definition) is 1. The van der Waals surface area contributed by atoms with Gasteiger partial charge in [0.1, 0.15) is 0 Å². The van der Waals surface area contributed by atoms with Gasteiger partial charge in [-0.25, -0.2) is 13.9 Å². The molecule has 2 atom stereocenters. The van der Waals surface area contributed by atoms with Crippen molar-refractivity contribution in [3.8, 4) is 0 Å². The van der Waals surface area contributed by atoms with E-state index in [2.05, 4.69) is 19.3 Å². The number of hydrogen-bond acceptors (Lipinski definition) is 4. The number of piperidine rings is 1. The van der Waals surface area contributed by atoms with E-state index in [0.717, 1.165) is 12.0 Å². The molecule has 2 unspecified atom stereocenters. The van der Waals surface area contributed by atoms with Gasteiger partial charge in [-0.05, 0) is 48.1 Å². The molecule has 0 aliphatic carbocycles. The molecule has 2 aromatic rings. The highest BCUT2D eigenvalue weighted by atomic mass is 32.2. The minimum atomic E-state index is -3.55. The summed E-state index contributed by atoms with van der Waals surface area (Å²) in [5, 5.41) is 0. The van der Waals surface area contributed by atoms with E-state index in [-0.39, 0.29) is 11.5 Å². The van der Waals surface area contributed by atoms with Gasteiger partial charge >= 0.3 is 0 Å².